The van der Waals surface area contributed by atoms with E-state index in [4.69, 9.17) is 0 Å². The highest BCUT2D eigenvalue weighted by Crippen LogP contribution is 2.23. The van der Waals surface area contributed by atoms with Crippen LogP contribution in [0.3, 0.4) is 0 Å². The van der Waals surface area contributed by atoms with E-state index in [1.807, 2.05) is 6.92 Å². The molecule has 3 heteroatoms. The zero-order chi connectivity index (χ0) is 12.7. The summed E-state index contributed by atoms with van der Waals surface area (Å²) in [5.41, 5.74) is -0.333. The molecule has 0 aliphatic heterocycles. The second kappa shape index (κ2) is 6.98. The SMILES string of the molecule is CCCCCN(C)CCC(C)(C#N)NC1CC1. The standard InChI is InChI=1S/C14H27N3/c1-4-5-6-10-17(3)11-9-14(2,12-15)16-13-7-8-13/h13,16H,4-11H2,1-3H3. The molecular weight excluding hydrogens is 210 g/mol. The van der Waals surface area contributed by atoms with Gasteiger partial charge in [-0.1, -0.05) is 19.8 Å². The van der Waals surface area contributed by atoms with Gasteiger partial charge in [-0.25, -0.2) is 0 Å². The summed E-state index contributed by atoms with van der Waals surface area (Å²) in [5, 5.41) is 12.7. The minimum absolute atomic E-state index is 0.333. The number of rotatable bonds is 9. The lowest BCUT2D eigenvalue weighted by Crippen LogP contribution is -2.44. The van der Waals surface area contributed by atoms with Crippen molar-refractivity contribution in [3.63, 3.8) is 0 Å². The average molecular weight is 237 g/mol. The molecule has 3 nitrogen and oxygen atoms in total. The Morgan fingerprint density at radius 3 is 2.59 bits per heavy atom. The summed E-state index contributed by atoms with van der Waals surface area (Å²) >= 11 is 0. The monoisotopic (exact) mass is 237 g/mol. The Hall–Kier alpha value is -0.590. The molecule has 1 N–H and O–H groups in total. The van der Waals surface area contributed by atoms with E-state index in [9.17, 15) is 5.26 Å². The normalized spacial score (nSPS) is 19.0. The van der Waals surface area contributed by atoms with Gasteiger partial charge >= 0.3 is 0 Å². The fourth-order valence-electron chi connectivity index (χ4n) is 2.00. The van der Waals surface area contributed by atoms with Gasteiger partial charge in [-0.2, -0.15) is 5.26 Å². The molecule has 0 aromatic carbocycles. The molecule has 1 unspecified atom stereocenters. The lowest BCUT2D eigenvalue weighted by Gasteiger charge is -2.26. The molecule has 0 spiro atoms. The highest BCUT2D eigenvalue weighted by atomic mass is 15.1. The number of nitriles is 1. The molecular formula is C14H27N3. The van der Waals surface area contributed by atoms with Gasteiger partial charge in [0, 0.05) is 12.6 Å². The largest absolute Gasteiger partial charge is 0.306 e. The molecule has 0 aromatic heterocycles. The fraction of sp³-hybridized carbons (Fsp3) is 0.929. The van der Waals surface area contributed by atoms with Crippen LogP contribution in [0.25, 0.3) is 0 Å². The van der Waals surface area contributed by atoms with E-state index in [1.165, 1.54) is 32.1 Å². The van der Waals surface area contributed by atoms with Crippen molar-refractivity contribution in [1.29, 1.82) is 5.26 Å². The van der Waals surface area contributed by atoms with Gasteiger partial charge in [0.25, 0.3) is 0 Å². The van der Waals surface area contributed by atoms with Crippen molar-refractivity contribution >= 4 is 0 Å². The summed E-state index contributed by atoms with van der Waals surface area (Å²) in [6.07, 6.45) is 7.25. The third-order valence-electron chi connectivity index (χ3n) is 3.48. The quantitative estimate of drug-likeness (QED) is 0.626. The number of unbranched alkanes of at least 4 members (excludes halogenated alkanes) is 2. The Morgan fingerprint density at radius 1 is 1.35 bits per heavy atom. The molecule has 1 aliphatic rings. The van der Waals surface area contributed by atoms with Gasteiger partial charge in [-0.3, -0.25) is 5.32 Å². The predicted octanol–water partition coefficient (Wildman–Crippen LogP) is 2.53. The van der Waals surface area contributed by atoms with Gasteiger partial charge in [0.05, 0.1) is 6.07 Å². The first kappa shape index (κ1) is 14.5. The van der Waals surface area contributed by atoms with Crippen LogP contribution in [0.2, 0.25) is 0 Å². The molecule has 0 heterocycles. The van der Waals surface area contributed by atoms with Crippen molar-refractivity contribution in [2.45, 2.75) is 64.0 Å². The minimum atomic E-state index is -0.333. The molecule has 0 saturated heterocycles. The second-order valence-electron chi connectivity index (χ2n) is 5.62. The van der Waals surface area contributed by atoms with Gasteiger partial charge in [-0.05, 0) is 46.2 Å². The van der Waals surface area contributed by atoms with Crippen LogP contribution in [0.15, 0.2) is 0 Å². The van der Waals surface area contributed by atoms with Crippen LogP contribution in [-0.4, -0.2) is 36.6 Å². The van der Waals surface area contributed by atoms with Crippen molar-refractivity contribution in [2.24, 2.45) is 0 Å². The van der Waals surface area contributed by atoms with E-state index in [0.29, 0.717) is 6.04 Å². The van der Waals surface area contributed by atoms with Crippen LogP contribution in [0.1, 0.15) is 52.4 Å². The van der Waals surface area contributed by atoms with E-state index in [0.717, 1.165) is 19.5 Å². The van der Waals surface area contributed by atoms with Crippen molar-refractivity contribution in [2.75, 3.05) is 20.1 Å². The third kappa shape index (κ3) is 6.05. The Labute approximate surface area is 106 Å². The Bertz CT molecular complexity index is 255. The van der Waals surface area contributed by atoms with Crippen LogP contribution < -0.4 is 5.32 Å². The first-order valence-corrected chi connectivity index (χ1v) is 6.97. The first-order chi connectivity index (χ1) is 8.09. The van der Waals surface area contributed by atoms with Crippen LogP contribution >= 0.6 is 0 Å². The first-order valence-electron chi connectivity index (χ1n) is 6.97. The molecule has 1 saturated carbocycles. The van der Waals surface area contributed by atoms with E-state index in [1.54, 1.807) is 0 Å². The molecule has 0 aromatic rings. The van der Waals surface area contributed by atoms with Crippen LogP contribution in [0.5, 0.6) is 0 Å². The maximum atomic E-state index is 9.26. The maximum absolute atomic E-state index is 9.26. The third-order valence-corrected chi connectivity index (χ3v) is 3.48. The highest BCUT2D eigenvalue weighted by Gasteiger charge is 2.32. The molecule has 1 aliphatic carbocycles. The van der Waals surface area contributed by atoms with E-state index in [2.05, 4.69) is 30.3 Å². The average Bonchev–Trinajstić information content (AvgIpc) is 3.11. The molecule has 98 valence electrons. The minimum Gasteiger partial charge on any atom is -0.306 e. The number of hydrogen-bond acceptors (Lipinski definition) is 3. The van der Waals surface area contributed by atoms with Crippen molar-refractivity contribution in [1.82, 2.24) is 10.2 Å². The number of hydrogen-bond donors (Lipinski definition) is 1. The molecule has 0 amide bonds. The maximum Gasteiger partial charge on any atom is 0.105 e. The van der Waals surface area contributed by atoms with Gasteiger partial charge in [0.2, 0.25) is 0 Å². The smallest absolute Gasteiger partial charge is 0.105 e. The second-order valence-corrected chi connectivity index (χ2v) is 5.62. The highest BCUT2D eigenvalue weighted by molar-refractivity contribution is 5.07. The molecule has 0 bridgehead atoms. The molecule has 1 atom stereocenters. The molecule has 1 fully saturated rings. The Morgan fingerprint density at radius 2 is 2.06 bits per heavy atom. The number of nitrogens with zero attached hydrogens (tertiary/aromatic N) is 2. The summed E-state index contributed by atoms with van der Waals surface area (Å²) in [6.45, 7) is 6.42. The zero-order valence-electron chi connectivity index (χ0n) is 11.6. The van der Waals surface area contributed by atoms with Crippen molar-refractivity contribution < 1.29 is 0 Å². The van der Waals surface area contributed by atoms with E-state index < -0.39 is 0 Å². The fourth-order valence-corrected chi connectivity index (χ4v) is 2.00. The van der Waals surface area contributed by atoms with Crippen LogP contribution in [-0.2, 0) is 0 Å². The summed E-state index contributed by atoms with van der Waals surface area (Å²) in [6, 6.07) is 3.04. The van der Waals surface area contributed by atoms with Gasteiger partial charge < -0.3 is 4.90 Å². The van der Waals surface area contributed by atoms with Crippen LogP contribution in [0.4, 0.5) is 0 Å². The summed E-state index contributed by atoms with van der Waals surface area (Å²) in [4.78, 5) is 2.35. The number of nitrogens with one attached hydrogen (secondary N) is 1. The van der Waals surface area contributed by atoms with Crippen LogP contribution in [0, 0.1) is 11.3 Å². The van der Waals surface area contributed by atoms with Gasteiger partial charge in [0.15, 0.2) is 0 Å². The van der Waals surface area contributed by atoms with Gasteiger partial charge in [-0.15, -0.1) is 0 Å². The Kier molecular flexibility index (Phi) is 5.94. The molecule has 1 rings (SSSR count). The molecule has 0 radical (unpaired) electrons. The lowest BCUT2D eigenvalue weighted by atomic mass is 9.99. The summed E-state index contributed by atoms with van der Waals surface area (Å²) < 4.78 is 0. The Balaban J connectivity index is 2.19. The predicted molar refractivity (Wildman–Crippen MR) is 71.8 cm³/mol. The summed E-state index contributed by atoms with van der Waals surface area (Å²) in [5.74, 6) is 0. The van der Waals surface area contributed by atoms with Gasteiger partial charge in [0.1, 0.15) is 5.54 Å². The summed E-state index contributed by atoms with van der Waals surface area (Å²) in [7, 11) is 2.16. The van der Waals surface area contributed by atoms with E-state index in [-0.39, 0.29) is 5.54 Å². The molecule has 17 heavy (non-hydrogen) atoms. The van der Waals surface area contributed by atoms with E-state index >= 15 is 0 Å². The lowest BCUT2D eigenvalue weighted by molar-refractivity contribution is 0.282. The topological polar surface area (TPSA) is 39.1 Å². The zero-order valence-corrected chi connectivity index (χ0v) is 11.6. The van der Waals surface area contributed by atoms with Crippen molar-refractivity contribution in [3.8, 4) is 6.07 Å². The van der Waals surface area contributed by atoms with Crippen molar-refractivity contribution in [3.05, 3.63) is 0 Å².